The molecular formula is C19H19NO5S. The first-order valence-corrected chi connectivity index (χ1v) is 9.17. The lowest BCUT2D eigenvalue weighted by molar-refractivity contribution is -0.119. The van der Waals surface area contributed by atoms with Gasteiger partial charge in [0.05, 0.1) is 17.4 Å². The third-order valence-corrected chi connectivity index (χ3v) is 4.99. The highest BCUT2D eigenvalue weighted by Crippen LogP contribution is 2.32. The minimum Gasteiger partial charge on any atom is -0.486 e. The van der Waals surface area contributed by atoms with Gasteiger partial charge in [-0.05, 0) is 36.8 Å². The third-order valence-electron chi connectivity index (χ3n) is 3.92. The Labute approximate surface area is 155 Å². The molecule has 0 aromatic heterocycles. The molecule has 1 aliphatic heterocycles. The molecule has 6 nitrogen and oxygen atoms in total. The van der Waals surface area contributed by atoms with Crippen molar-refractivity contribution < 1.29 is 24.2 Å². The zero-order valence-corrected chi connectivity index (χ0v) is 15.0. The van der Waals surface area contributed by atoms with E-state index < -0.39 is 5.97 Å². The zero-order chi connectivity index (χ0) is 18.5. The Morgan fingerprint density at radius 3 is 2.65 bits per heavy atom. The number of carbonyl (C=O) groups is 2. The SMILES string of the molecule is CC(NC(=O)CSc1ccccc1C(=O)O)c1ccc2c(c1)OCCO2. The third kappa shape index (κ3) is 4.29. The van der Waals surface area contributed by atoms with Gasteiger partial charge in [0.2, 0.25) is 5.91 Å². The Morgan fingerprint density at radius 2 is 1.88 bits per heavy atom. The van der Waals surface area contributed by atoms with Crippen LogP contribution in [0.2, 0.25) is 0 Å². The molecule has 1 unspecified atom stereocenters. The molecule has 0 saturated heterocycles. The predicted molar refractivity (Wildman–Crippen MR) is 98.1 cm³/mol. The van der Waals surface area contributed by atoms with Gasteiger partial charge in [-0.2, -0.15) is 0 Å². The molecule has 2 N–H and O–H groups in total. The summed E-state index contributed by atoms with van der Waals surface area (Å²) in [5, 5.41) is 12.1. The fourth-order valence-electron chi connectivity index (χ4n) is 2.61. The van der Waals surface area contributed by atoms with Gasteiger partial charge in [0, 0.05) is 4.90 Å². The molecule has 3 rings (SSSR count). The summed E-state index contributed by atoms with van der Waals surface area (Å²) in [6, 6.07) is 12.0. The molecule has 0 radical (unpaired) electrons. The van der Waals surface area contributed by atoms with E-state index in [1.165, 1.54) is 17.8 Å². The van der Waals surface area contributed by atoms with Crippen LogP contribution >= 0.6 is 11.8 Å². The summed E-state index contributed by atoms with van der Waals surface area (Å²) in [6.45, 7) is 2.93. The van der Waals surface area contributed by atoms with E-state index in [1.807, 2.05) is 25.1 Å². The molecule has 26 heavy (non-hydrogen) atoms. The van der Waals surface area contributed by atoms with Crippen LogP contribution in [0.25, 0.3) is 0 Å². The second-order valence-electron chi connectivity index (χ2n) is 5.78. The number of nitrogens with one attached hydrogen (secondary N) is 1. The normalized spacial score (nSPS) is 13.7. The Bertz CT molecular complexity index is 823. The minimum atomic E-state index is -1.00. The highest BCUT2D eigenvalue weighted by atomic mass is 32.2. The zero-order valence-electron chi connectivity index (χ0n) is 14.2. The van der Waals surface area contributed by atoms with E-state index in [9.17, 15) is 14.7 Å². The Balaban J connectivity index is 1.59. The summed E-state index contributed by atoms with van der Waals surface area (Å²) in [6.07, 6.45) is 0. The summed E-state index contributed by atoms with van der Waals surface area (Å²) in [4.78, 5) is 24.0. The Kier molecular flexibility index (Phi) is 5.68. The van der Waals surface area contributed by atoms with Crippen LogP contribution in [0, 0.1) is 0 Å². The standard InChI is InChI=1S/C19H19NO5S/c1-12(13-6-7-15-16(10-13)25-9-8-24-15)20-18(21)11-26-17-5-3-2-4-14(17)19(22)23/h2-7,10,12H,8-9,11H2,1H3,(H,20,21)(H,22,23). The van der Waals surface area contributed by atoms with Gasteiger partial charge in [-0.15, -0.1) is 11.8 Å². The molecule has 0 bridgehead atoms. The van der Waals surface area contributed by atoms with Crippen molar-refractivity contribution in [2.75, 3.05) is 19.0 Å². The van der Waals surface area contributed by atoms with Crippen molar-refractivity contribution in [3.05, 3.63) is 53.6 Å². The number of benzene rings is 2. The van der Waals surface area contributed by atoms with E-state index in [0.29, 0.717) is 29.6 Å². The number of hydrogen-bond donors (Lipinski definition) is 2. The number of fused-ring (bicyclic) bond motifs is 1. The highest BCUT2D eigenvalue weighted by molar-refractivity contribution is 8.00. The van der Waals surface area contributed by atoms with Crippen LogP contribution in [0.3, 0.4) is 0 Å². The number of carboxylic acid groups (broad SMARTS) is 1. The smallest absolute Gasteiger partial charge is 0.336 e. The summed E-state index contributed by atoms with van der Waals surface area (Å²) in [5.74, 6) is 0.355. The predicted octanol–water partition coefficient (Wildman–Crippen LogP) is 3.13. The number of aromatic carboxylic acids is 1. The van der Waals surface area contributed by atoms with Gasteiger partial charge in [-0.25, -0.2) is 4.79 Å². The van der Waals surface area contributed by atoms with E-state index in [1.54, 1.807) is 18.2 Å². The lowest BCUT2D eigenvalue weighted by Crippen LogP contribution is -2.28. The van der Waals surface area contributed by atoms with Gasteiger partial charge in [0.1, 0.15) is 13.2 Å². The highest BCUT2D eigenvalue weighted by Gasteiger charge is 2.16. The molecule has 1 atom stereocenters. The van der Waals surface area contributed by atoms with Crippen molar-refractivity contribution in [3.63, 3.8) is 0 Å². The number of rotatable bonds is 6. The number of hydrogen-bond acceptors (Lipinski definition) is 5. The van der Waals surface area contributed by atoms with E-state index in [-0.39, 0.29) is 23.3 Å². The Morgan fingerprint density at radius 1 is 1.15 bits per heavy atom. The van der Waals surface area contributed by atoms with Crippen molar-refractivity contribution in [1.82, 2.24) is 5.32 Å². The fourth-order valence-corrected chi connectivity index (χ4v) is 3.46. The fraction of sp³-hybridized carbons (Fsp3) is 0.263. The topological polar surface area (TPSA) is 84.9 Å². The number of ether oxygens (including phenoxy) is 2. The molecule has 2 aromatic carbocycles. The van der Waals surface area contributed by atoms with Gasteiger partial charge in [0.15, 0.2) is 11.5 Å². The van der Waals surface area contributed by atoms with Crippen molar-refractivity contribution >= 4 is 23.6 Å². The van der Waals surface area contributed by atoms with E-state index >= 15 is 0 Å². The molecule has 0 fully saturated rings. The first kappa shape index (κ1) is 18.1. The summed E-state index contributed by atoms with van der Waals surface area (Å²) >= 11 is 1.21. The maximum Gasteiger partial charge on any atom is 0.336 e. The number of carbonyl (C=O) groups excluding carboxylic acids is 1. The maximum atomic E-state index is 12.2. The lowest BCUT2D eigenvalue weighted by atomic mass is 10.1. The number of thioether (sulfide) groups is 1. The summed E-state index contributed by atoms with van der Waals surface area (Å²) < 4.78 is 11.1. The summed E-state index contributed by atoms with van der Waals surface area (Å²) in [5.41, 5.74) is 1.11. The van der Waals surface area contributed by atoms with Gasteiger partial charge in [-0.1, -0.05) is 18.2 Å². The summed E-state index contributed by atoms with van der Waals surface area (Å²) in [7, 11) is 0. The number of carboxylic acids is 1. The first-order chi connectivity index (χ1) is 12.5. The van der Waals surface area contributed by atoms with Crippen LogP contribution in [0.1, 0.15) is 28.9 Å². The first-order valence-electron chi connectivity index (χ1n) is 8.18. The molecule has 1 amide bonds. The minimum absolute atomic E-state index is 0.138. The molecule has 7 heteroatoms. The van der Waals surface area contributed by atoms with Gasteiger partial charge >= 0.3 is 5.97 Å². The van der Waals surface area contributed by atoms with E-state index in [2.05, 4.69) is 5.32 Å². The average Bonchev–Trinajstić information content (AvgIpc) is 2.66. The van der Waals surface area contributed by atoms with Crippen LogP contribution < -0.4 is 14.8 Å². The maximum absolute atomic E-state index is 12.2. The second kappa shape index (κ2) is 8.14. The monoisotopic (exact) mass is 373 g/mol. The van der Waals surface area contributed by atoms with Crippen LogP contribution in [-0.4, -0.2) is 35.9 Å². The van der Waals surface area contributed by atoms with Crippen LogP contribution in [0.4, 0.5) is 0 Å². The molecule has 2 aromatic rings. The molecule has 1 heterocycles. The van der Waals surface area contributed by atoms with Gasteiger partial charge in [0.25, 0.3) is 0 Å². The van der Waals surface area contributed by atoms with Crippen molar-refractivity contribution in [2.45, 2.75) is 17.9 Å². The van der Waals surface area contributed by atoms with Crippen molar-refractivity contribution in [2.24, 2.45) is 0 Å². The molecule has 0 saturated carbocycles. The quantitative estimate of drug-likeness (QED) is 0.757. The van der Waals surface area contributed by atoms with Gasteiger partial charge in [-0.3, -0.25) is 4.79 Å². The molecular weight excluding hydrogens is 354 g/mol. The van der Waals surface area contributed by atoms with Crippen LogP contribution in [0.15, 0.2) is 47.4 Å². The average molecular weight is 373 g/mol. The Hall–Kier alpha value is -2.67. The van der Waals surface area contributed by atoms with E-state index in [4.69, 9.17) is 9.47 Å². The van der Waals surface area contributed by atoms with Gasteiger partial charge < -0.3 is 19.9 Å². The van der Waals surface area contributed by atoms with Crippen molar-refractivity contribution in [3.8, 4) is 11.5 Å². The second-order valence-corrected chi connectivity index (χ2v) is 6.80. The molecule has 0 spiro atoms. The van der Waals surface area contributed by atoms with Crippen LogP contribution in [0.5, 0.6) is 11.5 Å². The molecule has 136 valence electrons. The number of amides is 1. The largest absolute Gasteiger partial charge is 0.486 e. The molecule has 0 aliphatic carbocycles. The lowest BCUT2D eigenvalue weighted by Gasteiger charge is -2.21. The van der Waals surface area contributed by atoms with E-state index in [0.717, 1.165) is 5.56 Å². The van der Waals surface area contributed by atoms with Crippen molar-refractivity contribution in [1.29, 1.82) is 0 Å². The van der Waals surface area contributed by atoms with Crippen LogP contribution in [-0.2, 0) is 4.79 Å². The molecule has 1 aliphatic rings.